The van der Waals surface area contributed by atoms with Crippen molar-refractivity contribution >= 4 is 5.97 Å². The molecule has 2 aromatic rings. The van der Waals surface area contributed by atoms with E-state index in [2.05, 4.69) is 14.7 Å². The number of nitriles is 1. The minimum atomic E-state index is -1.29. The summed E-state index contributed by atoms with van der Waals surface area (Å²) in [5.41, 5.74) is -0.432. The molecule has 0 radical (unpaired) electrons. The predicted molar refractivity (Wildman–Crippen MR) is 83.3 cm³/mol. The molecule has 0 atom stereocenters. The quantitative estimate of drug-likeness (QED) is 0.763. The molecule has 0 fully saturated rings. The Morgan fingerprint density at radius 1 is 1.08 bits per heavy atom. The van der Waals surface area contributed by atoms with Crippen LogP contribution in [-0.4, -0.2) is 45.5 Å². The molecular weight excluding hydrogens is 318 g/mol. The topological polar surface area (TPSA) is 146 Å². The lowest BCUT2D eigenvalue weighted by Gasteiger charge is -2.03. The average molecular weight is 335 g/mol. The molecule has 0 amide bonds. The van der Waals surface area contributed by atoms with Gasteiger partial charge in [-0.25, -0.2) is 14.8 Å². The molecule has 0 spiro atoms. The maximum absolute atomic E-state index is 10.4. The van der Waals surface area contributed by atoms with Crippen molar-refractivity contribution in [2.24, 2.45) is 0 Å². The molecule has 2 aromatic heterocycles. The van der Waals surface area contributed by atoms with Gasteiger partial charge in [0.25, 0.3) is 0 Å². The van der Waals surface area contributed by atoms with E-state index in [-0.39, 0.29) is 30.4 Å². The zero-order valence-electron chi connectivity index (χ0n) is 12.2. The average Bonchev–Trinajstić information content (AvgIpc) is 2.55. The maximum Gasteiger partial charge on any atom is 0.358 e. The fraction of sp³-hybridized carbons (Fsp3) is 0.200. The third-order valence-corrected chi connectivity index (χ3v) is 2.52. The lowest BCUT2D eigenvalue weighted by atomic mass is 10.3. The normalized spacial score (nSPS) is 8.71. The van der Waals surface area contributed by atoms with Gasteiger partial charge >= 0.3 is 5.97 Å². The summed E-state index contributed by atoms with van der Waals surface area (Å²) in [6.07, 6.45) is 2.65. The standard InChI is InChI=1S/C7H6N2O2.C7H7NO4.CH4/c1-11-6-2-3-9-5(4-8)7(6)10;1-12-4-2-3-8-5(6(4)9)7(10)11;/h2-3,10H,1H3;2-3,9H,1H3,(H,10,11);1H4. The van der Waals surface area contributed by atoms with Crippen LogP contribution in [0.3, 0.4) is 0 Å². The van der Waals surface area contributed by atoms with Crippen molar-refractivity contribution in [2.45, 2.75) is 7.43 Å². The summed E-state index contributed by atoms with van der Waals surface area (Å²) in [5.74, 6) is -1.59. The second kappa shape index (κ2) is 9.47. The number of hydrogen-bond donors (Lipinski definition) is 3. The Labute approximate surface area is 138 Å². The van der Waals surface area contributed by atoms with Gasteiger partial charge in [-0.1, -0.05) is 7.43 Å². The van der Waals surface area contributed by atoms with E-state index >= 15 is 0 Å². The number of pyridine rings is 2. The summed E-state index contributed by atoms with van der Waals surface area (Å²) in [6, 6.07) is 4.59. The van der Waals surface area contributed by atoms with Crippen molar-refractivity contribution in [2.75, 3.05) is 14.2 Å². The third kappa shape index (κ3) is 4.74. The number of ether oxygens (including phenoxy) is 2. The van der Waals surface area contributed by atoms with Gasteiger partial charge in [-0.05, 0) is 0 Å². The molecule has 0 bridgehead atoms. The van der Waals surface area contributed by atoms with Gasteiger partial charge in [-0.2, -0.15) is 5.26 Å². The highest BCUT2D eigenvalue weighted by atomic mass is 16.5. The molecule has 24 heavy (non-hydrogen) atoms. The number of carboxylic acids is 1. The first-order chi connectivity index (χ1) is 11.0. The van der Waals surface area contributed by atoms with Crippen LogP contribution >= 0.6 is 0 Å². The van der Waals surface area contributed by atoms with Crippen LogP contribution in [0.2, 0.25) is 0 Å². The van der Waals surface area contributed by atoms with Crippen LogP contribution in [0.1, 0.15) is 23.6 Å². The molecule has 3 N–H and O–H groups in total. The molecule has 0 aliphatic rings. The van der Waals surface area contributed by atoms with E-state index < -0.39 is 17.4 Å². The van der Waals surface area contributed by atoms with E-state index in [0.29, 0.717) is 0 Å². The smallest absolute Gasteiger partial charge is 0.358 e. The second-order valence-corrected chi connectivity index (χ2v) is 3.84. The molecule has 9 heteroatoms. The van der Waals surface area contributed by atoms with Crippen LogP contribution < -0.4 is 9.47 Å². The lowest BCUT2D eigenvalue weighted by Crippen LogP contribution is -2.01. The molecular formula is C15H17N3O6. The summed E-state index contributed by atoms with van der Waals surface area (Å²) in [6.45, 7) is 0. The largest absolute Gasteiger partial charge is 0.503 e. The summed E-state index contributed by atoms with van der Waals surface area (Å²) in [5, 5.41) is 35.3. The van der Waals surface area contributed by atoms with Crippen molar-refractivity contribution in [1.29, 1.82) is 5.26 Å². The predicted octanol–water partition coefficient (Wildman–Crippen LogP) is 1.80. The highest BCUT2D eigenvalue weighted by Gasteiger charge is 2.14. The third-order valence-electron chi connectivity index (χ3n) is 2.52. The minimum absolute atomic E-state index is 0. The van der Waals surface area contributed by atoms with Crippen molar-refractivity contribution in [1.82, 2.24) is 9.97 Å². The Morgan fingerprint density at radius 3 is 2.04 bits per heavy atom. The van der Waals surface area contributed by atoms with E-state index in [1.165, 1.54) is 38.7 Å². The monoisotopic (exact) mass is 335 g/mol. The van der Waals surface area contributed by atoms with Gasteiger partial charge < -0.3 is 24.8 Å². The number of aromatic hydroxyl groups is 2. The Bertz CT molecular complexity index is 742. The fourth-order valence-corrected chi connectivity index (χ4v) is 1.44. The van der Waals surface area contributed by atoms with Gasteiger partial charge in [-0.15, -0.1) is 0 Å². The first-order valence-electron chi connectivity index (χ1n) is 6.03. The van der Waals surface area contributed by atoms with Gasteiger partial charge in [0.05, 0.1) is 14.2 Å². The Hall–Kier alpha value is -3.54. The first-order valence-corrected chi connectivity index (χ1v) is 6.03. The van der Waals surface area contributed by atoms with Crippen LogP contribution in [0.4, 0.5) is 0 Å². The molecule has 0 unspecified atom stereocenters. The van der Waals surface area contributed by atoms with Crippen LogP contribution in [0.5, 0.6) is 23.0 Å². The number of aromatic nitrogens is 2. The van der Waals surface area contributed by atoms with Crippen molar-refractivity contribution in [3.8, 4) is 29.1 Å². The Kier molecular flexibility index (Phi) is 8.07. The number of carboxylic acid groups (broad SMARTS) is 1. The summed E-state index contributed by atoms with van der Waals surface area (Å²) < 4.78 is 9.43. The van der Waals surface area contributed by atoms with Crippen LogP contribution in [0.25, 0.3) is 0 Å². The maximum atomic E-state index is 10.4. The van der Waals surface area contributed by atoms with E-state index in [9.17, 15) is 15.0 Å². The molecule has 0 saturated carbocycles. The van der Waals surface area contributed by atoms with Gasteiger partial charge in [-0.3, -0.25) is 0 Å². The van der Waals surface area contributed by atoms with Gasteiger partial charge in [0.15, 0.2) is 34.4 Å². The van der Waals surface area contributed by atoms with Crippen molar-refractivity contribution in [3.05, 3.63) is 35.9 Å². The summed E-state index contributed by atoms with van der Waals surface area (Å²) in [7, 11) is 2.75. The highest BCUT2D eigenvalue weighted by Crippen LogP contribution is 2.27. The minimum Gasteiger partial charge on any atom is -0.503 e. The Balaban J connectivity index is 0.000000425. The van der Waals surface area contributed by atoms with Gasteiger partial charge in [0.1, 0.15) is 6.07 Å². The zero-order valence-corrected chi connectivity index (χ0v) is 12.2. The second-order valence-electron chi connectivity index (χ2n) is 3.84. The Morgan fingerprint density at radius 2 is 1.58 bits per heavy atom. The molecule has 0 aliphatic heterocycles. The van der Waals surface area contributed by atoms with Gasteiger partial charge in [0, 0.05) is 24.5 Å². The van der Waals surface area contributed by atoms with Gasteiger partial charge in [0.2, 0.25) is 0 Å². The fourth-order valence-electron chi connectivity index (χ4n) is 1.44. The number of carbonyl (C=O) groups is 1. The number of nitrogens with zero attached hydrogens (tertiary/aromatic N) is 3. The molecule has 0 aliphatic carbocycles. The number of methoxy groups -OCH3 is 2. The highest BCUT2D eigenvalue weighted by molar-refractivity contribution is 5.89. The number of rotatable bonds is 3. The first kappa shape index (κ1) is 20.5. The van der Waals surface area contributed by atoms with Crippen molar-refractivity contribution in [3.63, 3.8) is 0 Å². The van der Waals surface area contributed by atoms with Crippen LogP contribution in [-0.2, 0) is 0 Å². The van der Waals surface area contributed by atoms with Crippen LogP contribution in [0.15, 0.2) is 24.5 Å². The summed E-state index contributed by atoms with van der Waals surface area (Å²) >= 11 is 0. The molecule has 9 nitrogen and oxygen atoms in total. The molecule has 2 rings (SSSR count). The van der Waals surface area contributed by atoms with E-state index in [1.54, 1.807) is 6.07 Å². The van der Waals surface area contributed by atoms with E-state index in [0.717, 1.165) is 0 Å². The molecule has 2 heterocycles. The van der Waals surface area contributed by atoms with E-state index in [4.69, 9.17) is 15.1 Å². The summed E-state index contributed by atoms with van der Waals surface area (Å²) in [4.78, 5) is 17.5. The van der Waals surface area contributed by atoms with E-state index in [1.807, 2.05) is 0 Å². The van der Waals surface area contributed by atoms with Crippen LogP contribution in [0, 0.1) is 11.3 Å². The number of hydrogen-bond acceptors (Lipinski definition) is 8. The number of aromatic carboxylic acids is 1. The lowest BCUT2D eigenvalue weighted by molar-refractivity contribution is 0.0686. The molecule has 0 aromatic carbocycles. The SMILES string of the molecule is C.COc1ccnc(C#N)c1O.COc1ccnc(C(=O)O)c1O. The van der Waals surface area contributed by atoms with Crippen molar-refractivity contribution < 1.29 is 29.6 Å². The zero-order chi connectivity index (χ0) is 17.4. The molecule has 128 valence electrons. The molecule has 0 saturated heterocycles.